The Morgan fingerprint density at radius 3 is 2.48 bits per heavy atom. The molecule has 0 aliphatic heterocycles. The molecule has 0 heterocycles. The highest BCUT2D eigenvalue weighted by molar-refractivity contribution is 9.10. The summed E-state index contributed by atoms with van der Waals surface area (Å²) in [6.07, 6.45) is 4.18. The molecule has 0 bridgehead atoms. The van der Waals surface area contributed by atoms with E-state index in [9.17, 15) is 4.79 Å². The summed E-state index contributed by atoms with van der Waals surface area (Å²) in [6.45, 7) is 2.10. The molecule has 2 aromatic rings. The summed E-state index contributed by atoms with van der Waals surface area (Å²) in [5.41, 5.74) is 4.53. The second-order valence-electron chi connectivity index (χ2n) is 5.66. The highest BCUT2D eigenvalue weighted by Crippen LogP contribution is 2.15. The molecule has 1 amide bonds. The summed E-state index contributed by atoms with van der Waals surface area (Å²) in [6, 6.07) is 17.3. The van der Waals surface area contributed by atoms with E-state index in [0.717, 1.165) is 41.4 Å². The van der Waals surface area contributed by atoms with E-state index in [1.807, 2.05) is 42.5 Å². The predicted molar refractivity (Wildman–Crippen MR) is 105 cm³/mol. The van der Waals surface area contributed by atoms with Crippen LogP contribution in [0.3, 0.4) is 0 Å². The second kappa shape index (κ2) is 10.7. The fourth-order valence-corrected chi connectivity index (χ4v) is 2.54. The van der Waals surface area contributed by atoms with Crippen LogP contribution in [0.25, 0.3) is 0 Å². The minimum absolute atomic E-state index is 0.0673. The van der Waals surface area contributed by atoms with Gasteiger partial charge in [-0.2, -0.15) is 5.10 Å². The number of benzene rings is 2. The normalized spacial score (nSPS) is 11.2. The van der Waals surface area contributed by atoms with E-state index < -0.39 is 0 Å². The van der Waals surface area contributed by atoms with Gasteiger partial charge in [0, 0.05) is 4.47 Å². The van der Waals surface area contributed by atoms with E-state index in [2.05, 4.69) is 33.4 Å². The zero-order valence-electron chi connectivity index (χ0n) is 14.4. The van der Waals surface area contributed by atoms with Crippen LogP contribution in [0.15, 0.2) is 64.2 Å². The first-order valence-electron chi connectivity index (χ1n) is 8.48. The van der Waals surface area contributed by atoms with E-state index in [1.165, 1.54) is 0 Å². The molecule has 0 fully saturated rings. The van der Waals surface area contributed by atoms with Gasteiger partial charge in [-0.1, -0.05) is 66.0 Å². The quantitative estimate of drug-likeness (QED) is 0.367. The standard InChI is InChI=1S/C20H23BrN2O2/c1-2-3-5-10-19(16-8-6-4-7-9-16)22-23-20(24)15-25-18-13-11-17(21)12-14-18/h4,6-9,11-14H,2-3,5,10,15H2,1H3,(H,23,24). The molecule has 5 heteroatoms. The van der Waals surface area contributed by atoms with Crippen molar-refractivity contribution in [3.8, 4) is 5.75 Å². The third-order valence-electron chi connectivity index (χ3n) is 3.62. The van der Waals surface area contributed by atoms with E-state index in [1.54, 1.807) is 12.1 Å². The maximum Gasteiger partial charge on any atom is 0.277 e. The minimum Gasteiger partial charge on any atom is -0.484 e. The zero-order chi connectivity index (χ0) is 17.9. The van der Waals surface area contributed by atoms with Gasteiger partial charge in [-0.05, 0) is 42.7 Å². The molecule has 2 rings (SSSR count). The summed E-state index contributed by atoms with van der Waals surface area (Å²) < 4.78 is 6.42. The molecule has 1 N–H and O–H groups in total. The summed E-state index contributed by atoms with van der Waals surface area (Å²) in [4.78, 5) is 12.0. The Morgan fingerprint density at radius 2 is 1.80 bits per heavy atom. The maximum absolute atomic E-state index is 12.0. The topological polar surface area (TPSA) is 50.7 Å². The lowest BCUT2D eigenvalue weighted by Gasteiger charge is -2.08. The number of rotatable bonds is 9. The molecule has 2 aromatic carbocycles. The molecule has 0 saturated carbocycles. The van der Waals surface area contributed by atoms with Gasteiger partial charge in [0.15, 0.2) is 6.61 Å². The van der Waals surface area contributed by atoms with Crippen LogP contribution in [-0.2, 0) is 4.79 Å². The van der Waals surface area contributed by atoms with Crippen LogP contribution in [-0.4, -0.2) is 18.2 Å². The smallest absolute Gasteiger partial charge is 0.277 e. The van der Waals surface area contributed by atoms with Crippen molar-refractivity contribution >= 4 is 27.5 Å². The summed E-state index contributed by atoms with van der Waals surface area (Å²) >= 11 is 3.36. The summed E-state index contributed by atoms with van der Waals surface area (Å²) in [7, 11) is 0. The lowest BCUT2D eigenvalue weighted by molar-refractivity contribution is -0.123. The van der Waals surface area contributed by atoms with Gasteiger partial charge in [-0.15, -0.1) is 0 Å². The molecule has 0 saturated heterocycles. The number of carbonyl (C=O) groups excluding carboxylic acids is 1. The van der Waals surface area contributed by atoms with Gasteiger partial charge in [0.25, 0.3) is 5.91 Å². The van der Waals surface area contributed by atoms with Crippen molar-refractivity contribution in [2.24, 2.45) is 5.10 Å². The zero-order valence-corrected chi connectivity index (χ0v) is 16.0. The monoisotopic (exact) mass is 402 g/mol. The number of amides is 1. The van der Waals surface area contributed by atoms with E-state index >= 15 is 0 Å². The highest BCUT2D eigenvalue weighted by atomic mass is 79.9. The average molecular weight is 403 g/mol. The highest BCUT2D eigenvalue weighted by Gasteiger charge is 2.06. The van der Waals surface area contributed by atoms with Gasteiger partial charge < -0.3 is 4.74 Å². The Hall–Kier alpha value is -2.14. The van der Waals surface area contributed by atoms with Crippen molar-refractivity contribution in [1.29, 1.82) is 0 Å². The van der Waals surface area contributed by atoms with Gasteiger partial charge in [0.05, 0.1) is 5.71 Å². The van der Waals surface area contributed by atoms with Gasteiger partial charge >= 0.3 is 0 Å². The second-order valence-corrected chi connectivity index (χ2v) is 6.57. The van der Waals surface area contributed by atoms with Gasteiger partial charge in [0.1, 0.15) is 5.75 Å². The lowest BCUT2D eigenvalue weighted by atomic mass is 10.0. The molecule has 0 atom stereocenters. The minimum atomic E-state index is -0.271. The Bertz CT molecular complexity index is 685. The van der Waals surface area contributed by atoms with Crippen molar-refractivity contribution < 1.29 is 9.53 Å². The number of nitrogens with zero attached hydrogens (tertiary/aromatic N) is 1. The van der Waals surface area contributed by atoms with E-state index in [4.69, 9.17) is 4.74 Å². The lowest BCUT2D eigenvalue weighted by Crippen LogP contribution is -2.26. The molecule has 0 radical (unpaired) electrons. The Balaban J connectivity index is 1.91. The van der Waals surface area contributed by atoms with Crippen LogP contribution >= 0.6 is 15.9 Å². The molecule has 0 unspecified atom stereocenters. The molecular formula is C20H23BrN2O2. The van der Waals surface area contributed by atoms with Gasteiger partial charge in [0.2, 0.25) is 0 Å². The SMILES string of the molecule is CCCCCC(=NNC(=O)COc1ccc(Br)cc1)c1ccccc1. The first-order valence-corrected chi connectivity index (χ1v) is 9.27. The molecule has 0 aliphatic carbocycles. The number of carbonyl (C=O) groups is 1. The molecule has 4 nitrogen and oxygen atoms in total. The van der Waals surface area contributed by atoms with Crippen molar-refractivity contribution in [2.45, 2.75) is 32.6 Å². The van der Waals surface area contributed by atoms with Crippen molar-refractivity contribution in [3.63, 3.8) is 0 Å². The number of nitrogens with one attached hydrogen (secondary N) is 1. The van der Waals surface area contributed by atoms with Crippen molar-refractivity contribution in [1.82, 2.24) is 5.43 Å². The van der Waals surface area contributed by atoms with Crippen molar-refractivity contribution in [2.75, 3.05) is 6.61 Å². The first-order chi connectivity index (χ1) is 12.2. The number of unbranched alkanes of at least 4 members (excludes halogenated alkanes) is 2. The van der Waals surface area contributed by atoms with E-state index in [-0.39, 0.29) is 12.5 Å². The average Bonchev–Trinajstić information content (AvgIpc) is 2.65. The van der Waals surface area contributed by atoms with Crippen LogP contribution in [0, 0.1) is 0 Å². The van der Waals surface area contributed by atoms with Crippen LogP contribution in [0.5, 0.6) is 5.75 Å². The number of ether oxygens (including phenoxy) is 1. The fraction of sp³-hybridized carbons (Fsp3) is 0.300. The molecule has 0 aromatic heterocycles. The molecule has 0 spiro atoms. The number of halogens is 1. The Kier molecular flexibility index (Phi) is 8.19. The molecule has 25 heavy (non-hydrogen) atoms. The van der Waals surface area contributed by atoms with E-state index in [0.29, 0.717) is 5.75 Å². The summed E-state index contributed by atoms with van der Waals surface area (Å²) in [5, 5.41) is 4.32. The van der Waals surface area contributed by atoms with Crippen LogP contribution < -0.4 is 10.2 Å². The summed E-state index contributed by atoms with van der Waals surface area (Å²) in [5.74, 6) is 0.375. The molecule has 0 aliphatic rings. The van der Waals surface area contributed by atoms with Gasteiger partial charge in [-0.25, -0.2) is 5.43 Å². The van der Waals surface area contributed by atoms with Gasteiger partial charge in [-0.3, -0.25) is 4.79 Å². The fourth-order valence-electron chi connectivity index (χ4n) is 2.28. The maximum atomic E-state index is 12.0. The van der Waals surface area contributed by atoms with Crippen LogP contribution in [0.1, 0.15) is 38.2 Å². The van der Waals surface area contributed by atoms with Crippen LogP contribution in [0.4, 0.5) is 0 Å². The first kappa shape index (κ1) is 19.2. The number of hydrazone groups is 1. The van der Waals surface area contributed by atoms with Crippen molar-refractivity contribution in [3.05, 3.63) is 64.6 Å². The Morgan fingerprint density at radius 1 is 1.08 bits per heavy atom. The number of hydrogen-bond donors (Lipinski definition) is 1. The predicted octanol–water partition coefficient (Wildman–Crippen LogP) is 4.93. The molecule has 132 valence electrons. The number of hydrogen-bond acceptors (Lipinski definition) is 3. The van der Waals surface area contributed by atoms with Crippen LogP contribution in [0.2, 0.25) is 0 Å². The third-order valence-corrected chi connectivity index (χ3v) is 4.15. The largest absolute Gasteiger partial charge is 0.484 e. The third kappa shape index (κ3) is 7.10. The molecular weight excluding hydrogens is 380 g/mol. The Labute approximate surface area is 157 Å².